The number of rotatable bonds is 4. The molecule has 31 heavy (non-hydrogen) atoms. The summed E-state index contributed by atoms with van der Waals surface area (Å²) in [6.07, 6.45) is 8.83. The highest BCUT2D eigenvalue weighted by Crippen LogP contribution is 2.43. The van der Waals surface area contributed by atoms with Crippen LogP contribution < -0.4 is 0 Å². The van der Waals surface area contributed by atoms with Gasteiger partial charge in [-0.3, -0.25) is 9.78 Å². The summed E-state index contributed by atoms with van der Waals surface area (Å²) in [6.45, 7) is 2.74. The highest BCUT2D eigenvalue weighted by molar-refractivity contribution is 5.89. The van der Waals surface area contributed by atoms with Crippen molar-refractivity contribution in [1.29, 1.82) is 0 Å². The summed E-state index contributed by atoms with van der Waals surface area (Å²) in [7, 11) is 0. The number of hydrogen-bond donors (Lipinski definition) is 0. The Morgan fingerprint density at radius 3 is 2.74 bits per heavy atom. The number of amides is 1. The lowest BCUT2D eigenvalue weighted by Crippen LogP contribution is -2.47. The SMILES string of the molecule is O=C(N1CCOC[C@@H](Cc2cccc3ccncc23)C1)C1(c2ccccc2)CCCC1. The molecule has 2 aliphatic rings. The number of hydrogen-bond acceptors (Lipinski definition) is 3. The molecular weight excluding hydrogens is 384 g/mol. The van der Waals surface area contributed by atoms with E-state index >= 15 is 0 Å². The van der Waals surface area contributed by atoms with E-state index in [1.54, 1.807) is 0 Å². The molecule has 0 spiro atoms. The maximum atomic E-state index is 13.9. The minimum absolute atomic E-state index is 0.284. The van der Waals surface area contributed by atoms with E-state index in [1.807, 2.05) is 18.5 Å². The van der Waals surface area contributed by atoms with Crippen LogP contribution in [0.15, 0.2) is 67.0 Å². The monoisotopic (exact) mass is 414 g/mol. The number of carbonyl (C=O) groups is 1. The van der Waals surface area contributed by atoms with E-state index in [4.69, 9.17) is 4.74 Å². The predicted octanol–water partition coefficient (Wildman–Crippen LogP) is 4.76. The molecule has 1 aliphatic heterocycles. The van der Waals surface area contributed by atoms with E-state index in [0.29, 0.717) is 25.7 Å². The zero-order chi connectivity index (χ0) is 21.1. The van der Waals surface area contributed by atoms with E-state index < -0.39 is 0 Å². The van der Waals surface area contributed by atoms with Crippen molar-refractivity contribution in [3.8, 4) is 0 Å². The normalized spacial score (nSPS) is 21.2. The van der Waals surface area contributed by atoms with Gasteiger partial charge in [-0.2, -0.15) is 0 Å². The van der Waals surface area contributed by atoms with Crippen LogP contribution in [-0.2, 0) is 21.4 Å². The molecule has 0 N–H and O–H groups in total. The molecule has 4 heteroatoms. The zero-order valence-corrected chi connectivity index (χ0v) is 18.0. The lowest BCUT2D eigenvalue weighted by atomic mass is 9.77. The van der Waals surface area contributed by atoms with Crippen molar-refractivity contribution in [2.45, 2.75) is 37.5 Å². The summed E-state index contributed by atoms with van der Waals surface area (Å²) in [4.78, 5) is 20.4. The summed E-state index contributed by atoms with van der Waals surface area (Å²) in [6, 6.07) is 18.9. The fourth-order valence-electron chi connectivity index (χ4n) is 5.52. The van der Waals surface area contributed by atoms with Gasteiger partial charge in [0.05, 0.1) is 18.6 Å². The third-order valence-corrected chi connectivity index (χ3v) is 7.10. The van der Waals surface area contributed by atoms with Crippen LogP contribution in [0.5, 0.6) is 0 Å². The fourth-order valence-corrected chi connectivity index (χ4v) is 5.52. The molecule has 0 unspecified atom stereocenters. The second-order valence-corrected chi connectivity index (χ2v) is 9.07. The average Bonchev–Trinajstić information content (AvgIpc) is 3.21. The van der Waals surface area contributed by atoms with Crippen molar-refractivity contribution >= 4 is 16.7 Å². The molecule has 1 aromatic heterocycles. The molecule has 4 nitrogen and oxygen atoms in total. The molecule has 2 fully saturated rings. The zero-order valence-electron chi connectivity index (χ0n) is 18.0. The third kappa shape index (κ3) is 3.97. The third-order valence-electron chi connectivity index (χ3n) is 7.10. The van der Waals surface area contributed by atoms with Crippen molar-refractivity contribution < 1.29 is 9.53 Å². The van der Waals surface area contributed by atoms with Gasteiger partial charge in [0, 0.05) is 36.8 Å². The summed E-state index contributed by atoms with van der Waals surface area (Å²) in [5.74, 6) is 0.581. The Hall–Kier alpha value is -2.72. The van der Waals surface area contributed by atoms with Crippen LogP contribution in [0.1, 0.15) is 36.8 Å². The van der Waals surface area contributed by atoms with Gasteiger partial charge in [-0.15, -0.1) is 0 Å². The Bertz CT molecular complexity index is 1040. The number of fused-ring (bicyclic) bond motifs is 1. The number of nitrogens with zero attached hydrogens (tertiary/aromatic N) is 2. The molecule has 2 aromatic carbocycles. The van der Waals surface area contributed by atoms with Gasteiger partial charge in [0.15, 0.2) is 0 Å². The second kappa shape index (κ2) is 8.80. The minimum Gasteiger partial charge on any atom is -0.379 e. The lowest BCUT2D eigenvalue weighted by Gasteiger charge is -2.35. The molecule has 0 bridgehead atoms. The molecule has 1 saturated carbocycles. The maximum Gasteiger partial charge on any atom is 0.233 e. The Kier molecular flexibility index (Phi) is 5.73. The van der Waals surface area contributed by atoms with E-state index in [1.165, 1.54) is 21.9 Å². The molecule has 1 atom stereocenters. The van der Waals surface area contributed by atoms with E-state index in [-0.39, 0.29) is 11.3 Å². The van der Waals surface area contributed by atoms with Gasteiger partial charge in [-0.1, -0.05) is 61.4 Å². The molecule has 1 amide bonds. The van der Waals surface area contributed by atoms with Crippen LogP contribution in [0.2, 0.25) is 0 Å². The predicted molar refractivity (Wildman–Crippen MR) is 123 cm³/mol. The first kappa shape index (κ1) is 20.2. The van der Waals surface area contributed by atoms with Crippen molar-refractivity contribution in [3.05, 3.63) is 78.1 Å². The molecule has 0 radical (unpaired) electrons. The number of ether oxygens (including phenoxy) is 1. The fraction of sp³-hybridized carbons (Fsp3) is 0.407. The van der Waals surface area contributed by atoms with Crippen LogP contribution in [0.25, 0.3) is 10.8 Å². The van der Waals surface area contributed by atoms with Gasteiger partial charge in [0.2, 0.25) is 5.91 Å². The Labute approximate surface area is 184 Å². The van der Waals surface area contributed by atoms with Crippen LogP contribution in [0, 0.1) is 5.92 Å². The van der Waals surface area contributed by atoms with Gasteiger partial charge in [-0.25, -0.2) is 0 Å². The van der Waals surface area contributed by atoms with Gasteiger partial charge in [-0.05, 0) is 41.8 Å². The Morgan fingerprint density at radius 2 is 1.90 bits per heavy atom. The van der Waals surface area contributed by atoms with Gasteiger partial charge >= 0.3 is 0 Å². The van der Waals surface area contributed by atoms with Crippen molar-refractivity contribution in [3.63, 3.8) is 0 Å². The number of carbonyl (C=O) groups excluding carboxylic acids is 1. The molecule has 160 valence electrons. The summed E-state index contributed by atoms with van der Waals surface area (Å²) >= 11 is 0. The molecule has 1 saturated heterocycles. The highest BCUT2D eigenvalue weighted by Gasteiger charge is 2.45. The first-order valence-electron chi connectivity index (χ1n) is 11.5. The van der Waals surface area contributed by atoms with E-state index in [0.717, 1.165) is 38.6 Å². The largest absolute Gasteiger partial charge is 0.379 e. The second-order valence-electron chi connectivity index (χ2n) is 9.07. The minimum atomic E-state index is -0.362. The van der Waals surface area contributed by atoms with E-state index in [9.17, 15) is 4.79 Å². The van der Waals surface area contributed by atoms with E-state index in [2.05, 4.69) is 58.4 Å². The van der Waals surface area contributed by atoms with Crippen LogP contribution >= 0.6 is 0 Å². The molecule has 5 rings (SSSR count). The summed E-state index contributed by atoms with van der Waals surface area (Å²) < 4.78 is 5.96. The molecular formula is C27H30N2O2. The van der Waals surface area contributed by atoms with Gasteiger partial charge in [0.1, 0.15) is 0 Å². The Balaban J connectivity index is 1.39. The topological polar surface area (TPSA) is 42.4 Å². The van der Waals surface area contributed by atoms with Crippen LogP contribution in [0.4, 0.5) is 0 Å². The average molecular weight is 415 g/mol. The highest BCUT2D eigenvalue weighted by atomic mass is 16.5. The van der Waals surface area contributed by atoms with Crippen LogP contribution in [0.3, 0.4) is 0 Å². The van der Waals surface area contributed by atoms with Gasteiger partial charge in [0.25, 0.3) is 0 Å². The molecule has 2 heterocycles. The number of benzene rings is 2. The quantitative estimate of drug-likeness (QED) is 0.618. The molecule has 1 aliphatic carbocycles. The van der Waals surface area contributed by atoms with Crippen LogP contribution in [-0.4, -0.2) is 42.1 Å². The van der Waals surface area contributed by atoms with Crippen molar-refractivity contribution in [2.75, 3.05) is 26.3 Å². The first-order chi connectivity index (χ1) is 15.3. The standard InChI is InChI=1S/C27H30N2O2/c30-26(27(12-4-5-13-27)24-9-2-1-3-10-24)29-15-16-31-20-21(19-29)17-23-8-6-7-22-11-14-28-18-25(22)23/h1-3,6-11,14,18,21H,4-5,12-13,15-17,19-20H2/t21-/m0/s1. The number of aromatic nitrogens is 1. The number of pyridine rings is 1. The summed E-state index contributed by atoms with van der Waals surface area (Å²) in [5, 5.41) is 2.41. The lowest BCUT2D eigenvalue weighted by molar-refractivity contribution is -0.137. The van der Waals surface area contributed by atoms with Crippen molar-refractivity contribution in [1.82, 2.24) is 9.88 Å². The Morgan fingerprint density at radius 1 is 1.06 bits per heavy atom. The first-order valence-corrected chi connectivity index (χ1v) is 11.5. The van der Waals surface area contributed by atoms with Crippen molar-refractivity contribution in [2.24, 2.45) is 5.92 Å². The summed E-state index contributed by atoms with van der Waals surface area (Å²) in [5.41, 5.74) is 2.10. The van der Waals surface area contributed by atoms with Gasteiger partial charge < -0.3 is 9.64 Å². The molecule has 3 aromatic rings. The smallest absolute Gasteiger partial charge is 0.233 e. The maximum absolute atomic E-state index is 13.9.